The summed E-state index contributed by atoms with van der Waals surface area (Å²) in [5.74, 6) is -0.317. The highest BCUT2D eigenvalue weighted by Gasteiger charge is 2.30. The van der Waals surface area contributed by atoms with Crippen LogP contribution < -0.4 is 9.62 Å². The number of carbonyl (C=O) groups is 1. The Morgan fingerprint density at radius 1 is 1.00 bits per heavy atom. The number of rotatable bonds is 6. The number of amides is 1. The maximum atomic E-state index is 13.0. The van der Waals surface area contributed by atoms with E-state index in [1.54, 1.807) is 19.1 Å². The van der Waals surface area contributed by atoms with Crippen LogP contribution in [0.25, 0.3) is 0 Å². The van der Waals surface area contributed by atoms with Gasteiger partial charge in [0.2, 0.25) is 15.9 Å². The molecular weight excluding hydrogens is 384 g/mol. The summed E-state index contributed by atoms with van der Waals surface area (Å²) < 4.78 is 26.3. The van der Waals surface area contributed by atoms with E-state index < -0.39 is 16.1 Å². The molecule has 2 atom stereocenters. The monoisotopic (exact) mass is 414 g/mol. The molecule has 0 radical (unpaired) electrons. The first kappa shape index (κ1) is 21.4. The van der Waals surface area contributed by atoms with E-state index in [1.807, 2.05) is 26.8 Å². The number of anilines is 1. The van der Waals surface area contributed by atoms with Crippen molar-refractivity contribution in [1.82, 2.24) is 5.32 Å². The van der Waals surface area contributed by atoms with Crippen molar-refractivity contribution in [3.8, 4) is 0 Å². The van der Waals surface area contributed by atoms with E-state index in [9.17, 15) is 13.2 Å². The minimum atomic E-state index is -3.63. The second-order valence-corrected chi connectivity index (χ2v) is 10.1. The van der Waals surface area contributed by atoms with Gasteiger partial charge in [-0.2, -0.15) is 0 Å². The quantitative estimate of drug-likeness (QED) is 0.781. The summed E-state index contributed by atoms with van der Waals surface area (Å²) in [5, 5.41) is 2.99. The predicted molar refractivity (Wildman–Crippen MR) is 118 cm³/mol. The molecular formula is C23H30N2O3S. The number of benzene rings is 2. The maximum absolute atomic E-state index is 13.0. The lowest BCUT2D eigenvalue weighted by molar-refractivity contribution is -0.122. The zero-order valence-electron chi connectivity index (χ0n) is 17.8. The Balaban J connectivity index is 1.82. The molecule has 3 rings (SSSR count). The topological polar surface area (TPSA) is 66.5 Å². The molecule has 0 aromatic heterocycles. The average Bonchev–Trinajstić information content (AvgIpc) is 3.07. The zero-order chi connectivity index (χ0) is 21.3. The van der Waals surface area contributed by atoms with Gasteiger partial charge in [0.1, 0.15) is 6.04 Å². The molecule has 156 valence electrons. The highest BCUT2D eigenvalue weighted by Crippen LogP contribution is 2.27. The van der Waals surface area contributed by atoms with Crippen LogP contribution in [0, 0.1) is 13.8 Å². The normalized spacial score (nSPS) is 15.5. The third-order valence-corrected chi connectivity index (χ3v) is 6.77. The van der Waals surface area contributed by atoms with Gasteiger partial charge in [-0.3, -0.25) is 9.10 Å². The summed E-state index contributed by atoms with van der Waals surface area (Å²) in [6, 6.07) is 10.9. The SMILES string of the molecule is Cc1cc(C)cc(N([C@H](C)C(=O)N[C@@H](C)c2ccc3c(c2)CCC3)S(C)(=O)=O)c1. The molecule has 0 bridgehead atoms. The third kappa shape index (κ3) is 4.81. The molecule has 2 aromatic carbocycles. The van der Waals surface area contributed by atoms with Gasteiger partial charge in [0.05, 0.1) is 18.0 Å². The van der Waals surface area contributed by atoms with Crippen LogP contribution in [0.15, 0.2) is 36.4 Å². The Morgan fingerprint density at radius 3 is 2.24 bits per heavy atom. The Labute approximate surface area is 174 Å². The molecule has 0 heterocycles. The van der Waals surface area contributed by atoms with E-state index in [0.29, 0.717) is 5.69 Å². The summed E-state index contributed by atoms with van der Waals surface area (Å²) in [7, 11) is -3.63. The summed E-state index contributed by atoms with van der Waals surface area (Å²) in [6.07, 6.45) is 4.51. The van der Waals surface area contributed by atoms with Gasteiger partial charge in [-0.25, -0.2) is 8.42 Å². The fourth-order valence-corrected chi connectivity index (χ4v) is 5.32. The zero-order valence-corrected chi connectivity index (χ0v) is 18.6. The van der Waals surface area contributed by atoms with Gasteiger partial charge in [0, 0.05) is 0 Å². The standard InChI is InChI=1S/C23H30N2O3S/c1-15-11-16(2)13-22(12-15)25(29(5,27)28)18(4)23(26)24-17(3)20-10-9-19-7-6-8-21(19)14-20/h9-14,17-18H,6-8H2,1-5H3,(H,24,26)/t17-,18+/m0/s1. The molecule has 1 aliphatic carbocycles. The molecule has 1 amide bonds. The summed E-state index contributed by atoms with van der Waals surface area (Å²) in [6.45, 7) is 7.39. The van der Waals surface area contributed by atoms with Crippen molar-refractivity contribution in [3.05, 3.63) is 64.2 Å². The van der Waals surface area contributed by atoms with Crippen LogP contribution >= 0.6 is 0 Å². The van der Waals surface area contributed by atoms with Gasteiger partial charge >= 0.3 is 0 Å². The summed E-state index contributed by atoms with van der Waals surface area (Å²) in [4.78, 5) is 13.0. The third-order valence-electron chi connectivity index (χ3n) is 5.53. The molecule has 0 fully saturated rings. The number of nitrogens with zero attached hydrogens (tertiary/aromatic N) is 1. The van der Waals surface area contributed by atoms with Crippen LogP contribution in [0.2, 0.25) is 0 Å². The van der Waals surface area contributed by atoms with Crippen molar-refractivity contribution in [1.29, 1.82) is 0 Å². The molecule has 0 saturated carbocycles. The largest absolute Gasteiger partial charge is 0.348 e. The number of fused-ring (bicyclic) bond motifs is 1. The van der Waals surface area contributed by atoms with Gasteiger partial charge in [0.25, 0.3) is 0 Å². The van der Waals surface area contributed by atoms with E-state index in [1.165, 1.54) is 21.9 Å². The molecule has 6 heteroatoms. The van der Waals surface area contributed by atoms with Crippen molar-refractivity contribution in [2.45, 2.75) is 59.0 Å². The van der Waals surface area contributed by atoms with Crippen LogP contribution in [0.1, 0.15) is 54.1 Å². The second kappa shape index (κ2) is 8.19. The van der Waals surface area contributed by atoms with Gasteiger partial charge < -0.3 is 5.32 Å². The van der Waals surface area contributed by atoms with Gasteiger partial charge in [-0.15, -0.1) is 0 Å². The van der Waals surface area contributed by atoms with Crippen molar-refractivity contribution in [2.24, 2.45) is 0 Å². The molecule has 1 aliphatic rings. The van der Waals surface area contributed by atoms with E-state index in [-0.39, 0.29) is 11.9 Å². The Hall–Kier alpha value is -2.34. The lowest BCUT2D eigenvalue weighted by Gasteiger charge is -2.30. The van der Waals surface area contributed by atoms with E-state index in [0.717, 1.165) is 35.8 Å². The van der Waals surface area contributed by atoms with Crippen LogP contribution in [-0.2, 0) is 27.7 Å². The van der Waals surface area contributed by atoms with Gasteiger partial charge in [0.15, 0.2) is 0 Å². The first-order chi connectivity index (χ1) is 13.6. The van der Waals surface area contributed by atoms with Crippen molar-refractivity contribution in [2.75, 3.05) is 10.6 Å². The van der Waals surface area contributed by atoms with Crippen LogP contribution in [0.3, 0.4) is 0 Å². The minimum absolute atomic E-state index is 0.198. The predicted octanol–water partition coefficient (Wildman–Crippen LogP) is 3.82. The number of nitrogens with one attached hydrogen (secondary N) is 1. The van der Waals surface area contributed by atoms with E-state index in [2.05, 4.69) is 23.5 Å². The number of hydrogen-bond acceptors (Lipinski definition) is 3. The molecule has 0 spiro atoms. The van der Waals surface area contributed by atoms with Crippen LogP contribution in [0.5, 0.6) is 0 Å². The van der Waals surface area contributed by atoms with Gasteiger partial charge in [-0.1, -0.05) is 24.3 Å². The highest BCUT2D eigenvalue weighted by atomic mass is 32.2. The molecule has 0 aliphatic heterocycles. The molecule has 0 saturated heterocycles. The number of carbonyl (C=O) groups excluding carboxylic acids is 1. The molecule has 1 N–H and O–H groups in total. The minimum Gasteiger partial charge on any atom is -0.348 e. The summed E-state index contributed by atoms with van der Waals surface area (Å²) >= 11 is 0. The number of hydrogen-bond donors (Lipinski definition) is 1. The average molecular weight is 415 g/mol. The molecule has 29 heavy (non-hydrogen) atoms. The Bertz CT molecular complexity index is 1010. The van der Waals surface area contributed by atoms with Crippen LogP contribution in [-0.4, -0.2) is 26.6 Å². The number of sulfonamides is 1. The van der Waals surface area contributed by atoms with E-state index in [4.69, 9.17) is 0 Å². The maximum Gasteiger partial charge on any atom is 0.244 e. The first-order valence-electron chi connectivity index (χ1n) is 10.1. The van der Waals surface area contributed by atoms with Crippen molar-refractivity contribution in [3.63, 3.8) is 0 Å². The Kier molecular flexibility index (Phi) is 6.03. The molecule has 0 unspecified atom stereocenters. The second-order valence-electron chi connectivity index (χ2n) is 8.19. The molecule has 2 aromatic rings. The van der Waals surface area contributed by atoms with Crippen LogP contribution in [0.4, 0.5) is 5.69 Å². The van der Waals surface area contributed by atoms with Gasteiger partial charge in [-0.05, 0) is 86.9 Å². The lowest BCUT2D eigenvalue weighted by atomic mass is 10.0. The number of aryl methyl sites for hydroxylation is 4. The Morgan fingerprint density at radius 2 is 1.62 bits per heavy atom. The smallest absolute Gasteiger partial charge is 0.244 e. The molecule has 5 nitrogen and oxygen atoms in total. The first-order valence-corrected chi connectivity index (χ1v) is 11.9. The fourth-order valence-electron chi connectivity index (χ4n) is 4.17. The fraction of sp³-hybridized carbons (Fsp3) is 0.435. The lowest BCUT2D eigenvalue weighted by Crippen LogP contribution is -2.48. The highest BCUT2D eigenvalue weighted by molar-refractivity contribution is 7.92. The summed E-state index contributed by atoms with van der Waals surface area (Å²) in [5.41, 5.74) is 6.20. The van der Waals surface area contributed by atoms with Crippen molar-refractivity contribution >= 4 is 21.6 Å². The van der Waals surface area contributed by atoms with E-state index >= 15 is 0 Å². The van der Waals surface area contributed by atoms with Crippen molar-refractivity contribution < 1.29 is 13.2 Å².